The lowest BCUT2D eigenvalue weighted by Crippen LogP contribution is -2.32. The van der Waals surface area contributed by atoms with Crippen LogP contribution in [0.15, 0.2) is 35.1 Å². The maximum atomic E-state index is 12.7. The summed E-state index contributed by atoms with van der Waals surface area (Å²) >= 11 is 0. The molecule has 0 unspecified atom stereocenters. The third kappa shape index (κ3) is 4.14. The molecular weight excluding hydrogens is 363 g/mol. The third-order valence-electron chi connectivity index (χ3n) is 4.98. The summed E-state index contributed by atoms with van der Waals surface area (Å²) in [4.78, 5) is 18.7. The summed E-state index contributed by atoms with van der Waals surface area (Å²) in [5, 5.41) is 7.42. The average molecular weight is 385 g/mol. The van der Waals surface area contributed by atoms with Gasteiger partial charge in [-0.25, -0.2) is 0 Å². The predicted molar refractivity (Wildman–Crippen MR) is 99.2 cm³/mol. The van der Waals surface area contributed by atoms with Crippen LogP contribution in [-0.2, 0) is 0 Å². The number of hydrogen-bond donors (Lipinski definition) is 1. The molecule has 2 aromatic rings. The maximum Gasteiger partial charge on any atom is 0.276 e. The largest absolute Gasteiger partial charge is 0.355 e. The Hall–Kier alpha value is -1.63. The number of carbonyl (C=O) groups is 1. The second-order valence-corrected chi connectivity index (χ2v) is 6.37. The summed E-state index contributed by atoms with van der Waals surface area (Å²) in [6.45, 7) is 3.77. The van der Waals surface area contributed by atoms with E-state index in [1.54, 1.807) is 18.5 Å². The van der Waals surface area contributed by atoms with Gasteiger partial charge in [0, 0.05) is 37.1 Å². The molecule has 4 heterocycles. The first kappa shape index (κ1) is 19.7. The van der Waals surface area contributed by atoms with Gasteiger partial charge in [-0.05, 0) is 49.9 Å². The molecule has 0 spiro atoms. The zero-order valence-electron chi connectivity index (χ0n) is 13.8. The molecule has 136 valence electrons. The van der Waals surface area contributed by atoms with Gasteiger partial charge < -0.3 is 14.7 Å². The average Bonchev–Trinajstić information content (AvgIpc) is 3.21. The first-order valence-electron chi connectivity index (χ1n) is 8.18. The van der Waals surface area contributed by atoms with Gasteiger partial charge in [-0.1, -0.05) is 5.16 Å². The number of amides is 1. The number of carbonyl (C=O) groups excluding carboxylic acids is 1. The fraction of sp³-hybridized carbons (Fsp3) is 0.471. The quantitative estimate of drug-likeness (QED) is 0.861. The second kappa shape index (κ2) is 8.65. The monoisotopic (exact) mass is 384 g/mol. The van der Waals surface area contributed by atoms with Crippen molar-refractivity contribution in [3.8, 4) is 11.3 Å². The first-order valence-corrected chi connectivity index (χ1v) is 8.18. The van der Waals surface area contributed by atoms with E-state index < -0.39 is 0 Å². The lowest BCUT2D eigenvalue weighted by atomic mass is 9.92. The standard InChI is InChI=1S/C17H20N4O2.2ClH/c22-17(21-6-3-12-9-19-10-13(12)4-7-21)15-8-16(23-20-15)14-2-1-5-18-11-14;;/h1-2,5,8,11-13,19H,3-4,6-7,9-10H2;2*1H/t12-,13+;;. The minimum absolute atomic E-state index is 0. The number of likely N-dealkylation sites (tertiary alicyclic amines) is 1. The lowest BCUT2D eigenvalue weighted by molar-refractivity contribution is 0.0748. The van der Waals surface area contributed by atoms with Crippen LogP contribution in [0.4, 0.5) is 0 Å². The van der Waals surface area contributed by atoms with Gasteiger partial charge in [-0.15, -0.1) is 24.8 Å². The summed E-state index contributed by atoms with van der Waals surface area (Å²) in [6.07, 6.45) is 5.54. The van der Waals surface area contributed by atoms with E-state index in [-0.39, 0.29) is 30.7 Å². The molecule has 8 heteroatoms. The van der Waals surface area contributed by atoms with E-state index in [0.29, 0.717) is 23.3 Å². The number of nitrogens with zero attached hydrogens (tertiary/aromatic N) is 3. The normalized spacial score (nSPS) is 22.3. The van der Waals surface area contributed by atoms with Crippen molar-refractivity contribution in [2.45, 2.75) is 12.8 Å². The van der Waals surface area contributed by atoms with Gasteiger partial charge >= 0.3 is 0 Å². The van der Waals surface area contributed by atoms with Crippen LogP contribution >= 0.6 is 24.8 Å². The number of aromatic nitrogens is 2. The van der Waals surface area contributed by atoms with Crippen molar-refractivity contribution in [2.75, 3.05) is 26.2 Å². The Morgan fingerprint density at radius 3 is 2.56 bits per heavy atom. The SMILES string of the molecule is Cl.Cl.O=C(c1cc(-c2cccnc2)on1)N1CC[C@@H]2CNC[C@@H]2CC1. The first-order chi connectivity index (χ1) is 11.3. The number of fused-ring (bicyclic) bond motifs is 1. The van der Waals surface area contributed by atoms with E-state index in [0.717, 1.165) is 44.6 Å². The van der Waals surface area contributed by atoms with Crippen LogP contribution in [0.2, 0.25) is 0 Å². The van der Waals surface area contributed by atoms with Crippen LogP contribution < -0.4 is 5.32 Å². The number of hydrogen-bond acceptors (Lipinski definition) is 5. The number of halogens is 2. The highest BCUT2D eigenvalue weighted by Crippen LogP contribution is 2.28. The Labute approximate surface area is 159 Å². The summed E-state index contributed by atoms with van der Waals surface area (Å²) in [5.41, 5.74) is 1.21. The minimum atomic E-state index is -0.0307. The lowest BCUT2D eigenvalue weighted by Gasteiger charge is -2.19. The number of pyridine rings is 1. The summed E-state index contributed by atoms with van der Waals surface area (Å²) in [7, 11) is 0. The van der Waals surface area contributed by atoms with Gasteiger partial charge in [0.05, 0.1) is 0 Å². The molecule has 2 aromatic heterocycles. The number of nitrogens with one attached hydrogen (secondary N) is 1. The van der Waals surface area contributed by atoms with Gasteiger partial charge in [0.25, 0.3) is 5.91 Å². The highest BCUT2D eigenvalue weighted by molar-refractivity contribution is 5.93. The minimum Gasteiger partial charge on any atom is -0.355 e. The molecule has 1 N–H and O–H groups in total. The molecule has 4 rings (SSSR count). The third-order valence-corrected chi connectivity index (χ3v) is 4.98. The molecule has 0 bridgehead atoms. The van der Waals surface area contributed by atoms with Crippen molar-refractivity contribution in [1.82, 2.24) is 20.4 Å². The zero-order valence-corrected chi connectivity index (χ0v) is 15.4. The Bertz CT molecular complexity index is 681. The zero-order chi connectivity index (χ0) is 15.6. The van der Waals surface area contributed by atoms with Gasteiger partial charge in [0.2, 0.25) is 0 Å². The van der Waals surface area contributed by atoms with Gasteiger partial charge in [0.15, 0.2) is 11.5 Å². The van der Waals surface area contributed by atoms with Crippen molar-refractivity contribution < 1.29 is 9.32 Å². The van der Waals surface area contributed by atoms with E-state index in [1.165, 1.54) is 0 Å². The van der Waals surface area contributed by atoms with E-state index in [4.69, 9.17) is 4.52 Å². The van der Waals surface area contributed by atoms with Crippen molar-refractivity contribution in [1.29, 1.82) is 0 Å². The molecule has 0 aromatic carbocycles. The van der Waals surface area contributed by atoms with Gasteiger partial charge in [-0.2, -0.15) is 0 Å². The Balaban J connectivity index is 0.00000113. The molecule has 2 aliphatic rings. The van der Waals surface area contributed by atoms with Crippen LogP contribution in [0.3, 0.4) is 0 Å². The van der Waals surface area contributed by atoms with Gasteiger partial charge in [-0.3, -0.25) is 9.78 Å². The molecule has 0 aliphatic carbocycles. The van der Waals surface area contributed by atoms with E-state index in [9.17, 15) is 4.79 Å². The van der Waals surface area contributed by atoms with Crippen LogP contribution in [0.25, 0.3) is 11.3 Å². The molecule has 0 saturated carbocycles. The highest BCUT2D eigenvalue weighted by Gasteiger charge is 2.32. The van der Waals surface area contributed by atoms with Crippen LogP contribution in [0.1, 0.15) is 23.3 Å². The fourth-order valence-electron chi connectivity index (χ4n) is 3.60. The molecule has 1 amide bonds. The molecule has 0 radical (unpaired) electrons. The summed E-state index contributed by atoms with van der Waals surface area (Å²) in [6, 6.07) is 5.44. The second-order valence-electron chi connectivity index (χ2n) is 6.37. The molecule has 2 saturated heterocycles. The topological polar surface area (TPSA) is 71.3 Å². The molecule has 2 aliphatic heterocycles. The molecule has 6 nitrogen and oxygen atoms in total. The molecule has 2 atom stereocenters. The van der Waals surface area contributed by atoms with Crippen molar-refractivity contribution >= 4 is 30.7 Å². The Kier molecular flexibility index (Phi) is 6.81. The summed E-state index contributed by atoms with van der Waals surface area (Å²) in [5.74, 6) is 1.96. The van der Waals surface area contributed by atoms with Crippen molar-refractivity contribution in [2.24, 2.45) is 11.8 Å². The predicted octanol–water partition coefficient (Wildman–Crippen LogP) is 2.65. The van der Waals surface area contributed by atoms with Gasteiger partial charge in [0.1, 0.15) is 0 Å². The molecule has 25 heavy (non-hydrogen) atoms. The Morgan fingerprint density at radius 1 is 1.20 bits per heavy atom. The maximum absolute atomic E-state index is 12.7. The molecule has 2 fully saturated rings. The fourth-order valence-corrected chi connectivity index (χ4v) is 3.60. The van der Waals surface area contributed by atoms with E-state index >= 15 is 0 Å². The van der Waals surface area contributed by atoms with Crippen LogP contribution in [0, 0.1) is 11.8 Å². The smallest absolute Gasteiger partial charge is 0.276 e. The van der Waals surface area contributed by atoms with Crippen LogP contribution in [0.5, 0.6) is 0 Å². The Morgan fingerprint density at radius 2 is 1.92 bits per heavy atom. The van der Waals surface area contributed by atoms with Crippen molar-refractivity contribution in [3.05, 3.63) is 36.3 Å². The highest BCUT2D eigenvalue weighted by atomic mass is 35.5. The van der Waals surface area contributed by atoms with Crippen LogP contribution in [-0.4, -0.2) is 47.1 Å². The van der Waals surface area contributed by atoms with E-state index in [1.807, 2.05) is 17.0 Å². The molecular formula is C17H22Cl2N4O2. The number of rotatable bonds is 2. The summed E-state index contributed by atoms with van der Waals surface area (Å²) < 4.78 is 5.32. The van der Waals surface area contributed by atoms with Crippen molar-refractivity contribution in [3.63, 3.8) is 0 Å². The van der Waals surface area contributed by atoms with E-state index in [2.05, 4.69) is 15.5 Å².